The molecule has 1 aliphatic carbocycles. The summed E-state index contributed by atoms with van der Waals surface area (Å²) in [6.45, 7) is 44.6. The molecule has 0 aromatic rings. The third-order valence-electron chi connectivity index (χ3n) is 11.3. The zero-order valence-electron chi connectivity index (χ0n) is 31.0. The highest BCUT2D eigenvalue weighted by Crippen LogP contribution is 2.50. The summed E-state index contributed by atoms with van der Waals surface area (Å²) in [7, 11) is -9.38. The van der Waals surface area contributed by atoms with Crippen LogP contribution in [0.1, 0.15) is 83.1 Å². The molecule has 5 atom stereocenters. The maximum Gasteiger partial charge on any atom is 0.192 e. The zero-order chi connectivity index (χ0) is 33.8. The minimum atomic E-state index is -2.41. The van der Waals surface area contributed by atoms with Crippen molar-refractivity contribution in [2.75, 3.05) is 6.61 Å². The second kappa shape index (κ2) is 12.6. The minimum absolute atomic E-state index is 0.0330. The molecular formula is C31H67NO5SSi4. The maximum absolute atomic E-state index is 13.0. The van der Waals surface area contributed by atoms with Gasteiger partial charge in [-0.2, -0.15) is 0 Å². The first-order valence-electron chi connectivity index (χ1n) is 15.7. The van der Waals surface area contributed by atoms with Crippen LogP contribution in [0.5, 0.6) is 0 Å². The van der Waals surface area contributed by atoms with Crippen LogP contribution < -0.4 is 0 Å². The molecule has 0 saturated heterocycles. The fraction of sp³-hybridized carbons (Fsp3) is 0.968. The van der Waals surface area contributed by atoms with E-state index in [-0.39, 0.29) is 26.8 Å². The summed E-state index contributed by atoms with van der Waals surface area (Å²) in [4.78, 5) is 4.69. The van der Waals surface area contributed by atoms with Crippen LogP contribution in [0, 0.1) is 0 Å². The lowest BCUT2D eigenvalue weighted by molar-refractivity contribution is -0.104. The van der Waals surface area contributed by atoms with Crippen molar-refractivity contribution in [2.24, 2.45) is 4.99 Å². The van der Waals surface area contributed by atoms with E-state index in [1.165, 1.54) is 0 Å². The summed E-state index contributed by atoms with van der Waals surface area (Å²) in [6.07, 6.45) is -1.80. The number of hydrogen-bond acceptors (Lipinski definition) is 7. The summed E-state index contributed by atoms with van der Waals surface area (Å²) >= 11 is 5.22. The number of aliphatic hydroxyl groups is 1. The van der Waals surface area contributed by atoms with Crippen LogP contribution in [0.4, 0.5) is 0 Å². The van der Waals surface area contributed by atoms with Crippen molar-refractivity contribution in [3.63, 3.8) is 0 Å². The van der Waals surface area contributed by atoms with Gasteiger partial charge in [0, 0.05) is 0 Å². The zero-order valence-corrected chi connectivity index (χ0v) is 35.8. The highest BCUT2D eigenvalue weighted by atomic mass is 32.1. The normalized spacial score (nSPS) is 27.3. The van der Waals surface area contributed by atoms with Gasteiger partial charge in [-0.3, -0.25) is 0 Å². The predicted octanol–water partition coefficient (Wildman–Crippen LogP) is 9.40. The fourth-order valence-corrected chi connectivity index (χ4v) is 9.02. The van der Waals surface area contributed by atoms with Crippen LogP contribution in [0.15, 0.2) is 4.99 Å². The van der Waals surface area contributed by atoms with Gasteiger partial charge in [-0.1, -0.05) is 83.1 Å². The quantitative estimate of drug-likeness (QED) is 0.141. The monoisotopic (exact) mass is 677 g/mol. The fourth-order valence-electron chi connectivity index (χ4n) is 3.97. The van der Waals surface area contributed by atoms with Gasteiger partial charge < -0.3 is 22.8 Å². The van der Waals surface area contributed by atoms with E-state index in [1.54, 1.807) is 0 Å². The van der Waals surface area contributed by atoms with Gasteiger partial charge in [0.2, 0.25) is 0 Å². The number of aliphatic imine (C=N–C) groups is 1. The lowest BCUT2D eigenvalue weighted by atomic mass is 9.96. The van der Waals surface area contributed by atoms with Crippen LogP contribution in [0.2, 0.25) is 72.5 Å². The molecule has 1 fully saturated rings. The highest BCUT2D eigenvalue weighted by molar-refractivity contribution is 7.78. The summed E-state index contributed by atoms with van der Waals surface area (Å²) in [6, 6.07) is -0.738. The Balaban J connectivity index is 4.07. The van der Waals surface area contributed by atoms with Gasteiger partial charge >= 0.3 is 0 Å². The number of thiocarbonyl (C=S) groups is 1. The van der Waals surface area contributed by atoms with E-state index >= 15 is 0 Å². The van der Waals surface area contributed by atoms with E-state index in [9.17, 15) is 5.11 Å². The number of rotatable bonds is 10. The Hall–Kier alpha value is 0.468. The summed E-state index contributed by atoms with van der Waals surface area (Å²) in [5, 5.41) is 15.4. The van der Waals surface area contributed by atoms with E-state index in [2.05, 4.69) is 141 Å². The van der Waals surface area contributed by atoms with Crippen molar-refractivity contribution < 1.29 is 22.8 Å². The second-order valence-electron chi connectivity index (χ2n) is 18.7. The van der Waals surface area contributed by atoms with Gasteiger partial charge in [0.05, 0.1) is 17.9 Å². The van der Waals surface area contributed by atoms with E-state index in [0.717, 1.165) is 0 Å². The minimum Gasteiger partial charge on any atom is -0.414 e. The van der Waals surface area contributed by atoms with Gasteiger partial charge in [-0.25, -0.2) is 4.99 Å². The number of nitrogens with zero attached hydrogens (tertiary/aromatic N) is 1. The molecule has 1 saturated carbocycles. The lowest BCUT2D eigenvalue weighted by Crippen LogP contribution is -2.60. The molecule has 0 unspecified atom stereocenters. The Bertz CT molecular complexity index is 985. The number of isothiocyanates is 1. The van der Waals surface area contributed by atoms with Crippen LogP contribution in [-0.4, -0.2) is 80.1 Å². The van der Waals surface area contributed by atoms with Gasteiger partial charge in [0.15, 0.2) is 33.3 Å². The Labute approximate surface area is 269 Å². The van der Waals surface area contributed by atoms with Crippen LogP contribution >= 0.6 is 12.2 Å². The SMILES string of the molecule is CC(C)(C)[Si](C)(C)OC[C@]1(O)[C@H](N=C=S)[C@H](O[Si](C)(C)C(C)(C)C)[C@@H](O[Si](C)(C)C(C)(C)C)[C@@H]1O[Si](C)(C)C(C)(C)C. The molecule has 11 heteroatoms. The van der Waals surface area contributed by atoms with Crippen molar-refractivity contribution in [2.45, 2.75) is 186 Å². The molecule has 0 aliphatic heterocycles. The Morgan fingerprint density at radius 3 is 1.29 bits per heavy atom. The average molecular weight is 678 g/mol. The molecule has 0 aromatic carbocycles. The summed E-state index contributed by atoms with van der Waals surface area (Å²) < 4.78 is 28.5. The molecule has 248 valence electrons. The first-order valence-corrected chi connectivity index (χ1v) is 27.7. The van der Waals surface area contributed by atoms with E-state index in [1.807, 2.05) is 0 Å². The lowest BCUT2D eigenvalue weighted by Gasteiger charge is -2.47. The molecule has 42 heavy (non-hydrogen) atoms. The van der Waals surface area contributed by atoms with Gasteiger partial charge in [0.1, 0.15) is 23.9 Å². The van der Waals surface area contributed by atoms with E-state index in [4.69, 9.17) is 34.9 Å². The Kier molecular flexibility index (Phi) is 12.1. The Morgan fingerprint density at radius 1 is 0.619 bits per heavy atom. The molecule has 1 N–H and O–H groups in total. The molecular weight excluding hydrogens is 611 g/mol. The molecule has 6 nitrogen and oxygen atoms in total. The van der Waals surface area contributed by atoms with Gasteiger partial charge in [-0.15, -0.1) is 0 Å². The van der Waals surface area contributed by atoms with E-state index < -0.39 is 63.2 Å². The first-order chi connectivity index (χ1) is 18.2. The molecule has 0 aromatic heterocycles. The second-order valence-corrected chi connectivity index (χ2v) is 38.0. The smallest absolute Gasteiger partial charge is 0.192 e. The standard InChI is InChI=1S/C31H67NO5SSi4/c1-27(2,3)39(13,14)34-21-31(33)25(32-22-38)23(35-40(15,16)28(4,5)6)24(36-41(17,18)29(7,8)9)26(31)37-42(19,20)30(10,11)12/h23-26,33H,21H2,1-20H3/t23-,24-,25-,26+,31+/m1/s1. The molecule has 1 aliphatic rings. The Morgan fingerprint density at radius 2 is 0.952 bits per heavy atom. The predicted molar refractivity (Wildman–Crippen MR) is 193 cm³/mol. The van der Waals surface area contributed by atoms with E-state index in [0.29, 0.717) is 0 Å². The average Bonchev–Trinajstić information content (AvgIpc) is 2.91. The van der Waals surface area contributed by atoms with Crippen molar-refractivity contribution in [3.8, 4) is 0 Å². The molecule has 0 bridgehead atoms. The molecule has 0 heterocycles. The van der Waals surface area contributed by atoms with Crippen LogP contribution in [0.3, 0.4) is 0 Å². The summed E-state index contributed by atoms with van der Waals surface area (Å²) in [5.41, 5.74) is -1.52. The summed E-state index contributed by atoms with van der Waals surface area (Å²) in [5.74, 6) is 0. The topological polar surface area (TPSA) is 69.5 Å². The third kappa shape index (κ3) is 8.63. The van der Waals surface area contributed by atoms with Gasteiger partial charge in [0.25, 0.3) is 0 Å². The molecule has 0 amide bonds. The van der Waals surface area contributed by atoms with Crippen molar-refractivity contribution in [1.29, 1.82) is 0 Å². The molecule has 0 radical (unpaired) electrons. The largest absolute Gasteiger partial charge is 0.414 e. The molecule has 1 rings (SSSR count). The van der Waals surface area contributed by atoms with Crippen molar-refractivity contribution in [3.05, 3.63) is 0 Å². The number of hydrogen-bond donors (Lipinski definition) is 1. The van der Waals surface area contributed by atoms with Crippen molar-refractivity contribution >= 4 is 50.6 Å². The van der Waals surface area contributed by atoms with Crippen LogP contribution in [-0.2, 0) is 17.7 Å². The van der Waals surface area contributed by atoms with Gasteiger partial charge in [-0.05, 0) is 84.7 Å². The maximum atomic E-state index is 13.0. The highest BCUT2D eigenvalue weighted by Gasteiger charge is 2.66. The third-order valence-corrected chi connectivity index (χ3v) is 29.3. The first kappa shape index (κ1) is 40.5. The van der Waals surface area contributed by atoms with Crippen LogP contribution in [0.25, 0.3) is 0 Å². The van der Waals surface area contributed by atoms with Crippen molar-refractivity contribution in [1.82, 2.24) is 0 Å². The molecule has 0 spiro atoms.